The largest absolute Gasteiger partial charge is 0.467 e. The highest BCUT2D eigenvalue weighted by Gasteiger charge is 2.27. The normalized spacial score (nSPS) is 12.7. The van der Waals surface area contributed by atoms with Crippen LogP contribution < -0.4 is 10.6 Å². The predicted octanol–water partition coefficient (Wildman–Crippen LogP) is 2.98. The molecule has 144 valence electrons. The number of benzene rings is 1. The monoisotopic (exact) mass is 372 g/mol. The number of ether oxygens (including phenoxy) is 1. The lowest BCUT2D eigenvalue weighted by Crippen LogP contribution is -2.41. The van der Waals surface area contributed by atoms with Crippen LogP contribution in [0.2, 0.25) is 0 Å². The van der Waals surface area contributed by atoms with E-state index in [1.54, 1.807) is 12.1 Å². The summed E-state index contributed by atoms with van der Waals surface area (Å²) in [6.07, 6.45) is 2.27. The van der Waals surface area contributed by atoms with Gasteiger partial charge in [0.15, 0.2) is 6.61 Å². The van der Waals surface area contributed by atoms with Crippen molar-refractivity contribution in [2.75, 3.05) is 6.61 Å². The van der Waals surface area contributed by atoms with Crippen LogP contribution >= 0.6 is 0 Å². The summed E-state index contributed by atoms with van der Waals surface area (Å²) in [7, 11) is 0. The maximum atomic E-state index is 12.5. The SMILES string of the molecule is CCC(C)C(C(=O)OCC(=O)NC(=O)NCc1ccco1)c1ccccc1. The average molecular weight is 372 g/mol. The molecule has 27 heavy (non-hydrogen) atoms. The van der Waals surface area contributed by atoms with Crippen molar-refractivity contribution in [1.82, 2.24) is 10.6 Å². The first-order valence-electron chi connectivity index (χ1n) is 8.83. The second-order valence-corrected chi connectivity index (χ2v) is 6.19. The third kappa shape index (κ3) is 6.29. The van der Waals surface area contributed by atoms with Gasteiger partial charge in [0, 0.05) is 0 Å². The molecule has 7 nitrogen and oxygen atoms in total. The Labute approximate surface area is 158 Å². The van der Waals surface area contributed by atoms with Gasteiger partial charge in [-0.15, -0.1) is 0 Å². The molecule has 0 aliphatic heterocycles. The van der Waals surface area contributed by atoms with Crippen LogP contribution in [0.5, 0.6) is 0 Å². The molecule has 1 aromatic heterocycles. The minimum Gasteiger partial charge on any atom is -0.467 e. The fourth-order valence-corrected chi connectivity index (χ4v) is 2.61. The number of hydrogen-bond donors (Lipinski definition) is 2. The molecule has 0 bridgehead atoms. The molecule has 0 aliphatic carbocycles. The first kappa shape index (κ1) is 20.2. The highest BCUT2D eigenvalue weighted by molar-refractivity contribution is 5.95. The van der Waals surface area contributed by atoms with Gasteiger partial charge in [-0.25, -0.2) is 4.79 Å². The molecular formula is C20H24N2O5. The molecule has 2 rings (SSSR count). The smallest absolute Gasteiger partial charge is 0.321 e. The summed E-state index contributed by atoms with van der Waals surface area (Å²) < 4.78 is 10.2. The van der Waals surface area contributed by atoms with Crippen LogP contribution in [-0.2, 0) is 20.9 Å². The molecule has 2 unspecified atom stereocenters. The second-order valence-electron chi connectivity index (χ2n) is 6.19. The summed E-state index contributed by atoms with van der Waals surface area (Å²) in [6, 6.07) is 12.0. The molecule has 1 heterocycles. The second kappa shape index (κ2) is 10.2. The lowest BCUT2D eigenvalue weighted by molar-refractivity contribution is -0.151. The maximum Gasteiger partial charge on any atom is 0.321 e. The highest BCUT2D eigenvalue weighted by Crippen LogP contribution is 2.28. The Balaban J connectivity index is 1.83. The molecule has 0 radical (unpaired) electrons. The maximum absolute atomic E-state index is 12.5. The topological polar surface area (TPSA) is 97.6 Å². The summed E-state index contributed by atoms with van der Waals surface area (Å²) in [4.78, 5) is 36.0. The van der Waals surface area contributed by atoms with Crippen LogP contribution in [0.4, 0.5) is 4.79 Å². The summed E-state index contributed by atoms with van der Waals surface area (Å²) in [5, 5.41) is 4.59. The Kier molecular flexibility index (Phi) is 7.61. The van der Waals surface area contributed by atoms with Crippen LogP contribution in [0.3, 0.4) is 0 Å². The summed E-state index contributed by atoms with van der Waals surface area (Å²) >= 11 is 0. The lowest BCUT2D eigenvalue weighted by Gasteiger charge is -2.21. The highest BCUT2D eigenvalue weighted by atomic mass is 16.5. The van der Waals surface area contributed by atoms with E-state index in [1.807, 2.05) is 44.2 Å². The number of nitrogens with one attached hydrogen (secondary N) is 2. The zero-order chi connectivity index (χ0) is 19.6. The van der Waals surface area contributed by atoms with Crippen molar-refractivity contribution in [2.45, 2.75) is 32.7 Å². The number of imide groups is 1. The molecule has 7 heteroatoms. The molecule has 2 N–H and O–H groups in total. The number of rotatable bonds is 8. The Morgan fingerprint density at radius 1 is 1.11 bits per heavy atom. The van der Waals surface area contributed by atoms with E-state index >= 15 is 0 Å². The van der Waals surface area contributed by atoms with Gasteiger partial charge in [-0.1, -0.05) is 50.6 Å². The summed E-state index contributed by atoms with van der Waals surface area (Å²) in [5.41, 5.74) is 0.841. The third-order valence-corrected chi connectivity index (χ3v) is 4.23. The van der Waals surface area contributed by atoms with E-state index in [-0.39, 0.29) is 12.5 Å². The van der Waals surface area contributed by atoms with Crippen molar-refractivity contribution < 1.29 is 23.5 Å². The van der Waals surface area contributed by atoms with Crippen molar-refractivity contribution >= 4 is 17.9 Å². The Morgan fingerprint density at radius 3 is 2.48 bits per heavy atom. The molecule has 0 aliphatic rings. The van der Waals surface area contributed by atoms with Crippen molar-refractivity contribution in [3.8, 4) is 0 Å². The van der Waals surface area contributed by atoms with Gasteiger partial charge < -0.3 is 14.5 Å². The average Bonchev–Trinajstić information content (AvgIpc) is 3.19. The van der Waals surface area contributed by atoms with E-state index in [1.165, 1.54) is 6.26 Å². The first-order chi connectivity index (χ1) is 13.0. The van der Waals surface area contributed by atoms with Crippen molar-refractivity contribution in [2.24, 2.45) is 5.92 Å². The van der Waals surface area contributed by atoms with E-state index in [9.17, 15) is 14.4 Å². The van der Waals surface area contributed by atoms with Gasteiger partial charge >= 0.3 is 12.0 Å². The standard InChI is InChI=1S/C20H24N2O5/c1-3-14(2)18(15-8-5-4-6-9-15)19(24)27-13-17(23)22-20(25)21-12-16-10-7-11-26-16/h4-11,14,18H,3,12-13H2,1-2H3,(H2,21,22,23,25). The van der Waals surface area contributed by atoms with Gasteiger partial charge in [0.2, 0.25) is 0 Å². The lowest BCUT2D eigenvalue weighted by atomic mass is 9.86. The molecule has 2 atom stereocenters. The van der Waals surface area contributed by atoms with Gasteiger partial charge in [0.1, 0.15) is 5.76 Å². The van der Waals surface area contributed by atoms with Crippen LogP contribution in [0, 0.1) is 5.92 Å². The van der Waals surface area contributed by atoms with Gasteiger partial charge in [0.05, 0.1) is 18.7 Å². The molecule has 0 saturated carbocycles. The Morgan fingerprint density at radius 2 is 1.85 bits per heavy atom. The molecule has 1 aromatic carbocycles. The van der Waals surface area contributed by atoms with Gasteiger partial charge in [0.25, 0.3) is 5.91 Å². The van der Waals surface area contributed by atoms with Gasteiger partial charge in [-0.05, 0) is 23.6 Å². The Hall–Kier alpha value is -3.09. The molecule has 0 spiro atoms. The number of amides is 3. The Bertz CT molecular complexity index is 743. The zero-order valence-corrected chi connectivity index (χ0v) is 15.4. The van der Waals surface area contributed by atoms with E-state index in [0.717, 1.165) is 12.0 Å². The van der Waals surface area contributed by atoms with E-state index in [2.05, 4.69) is 10.6 Å². The number of esters is 1. The molecule has 0 saturated heterocycles. The van der Waals surface area contributed by atoms with Crippen LogP contribution in [0.1, 0.15) is 37.5 Å². The van der Waals surface area contributed by atoms with Crippen LogP contribution in [0.25, 0.3) is 0 Å². The van der Waals surface area contributed by atoms with Crippen molar-refractivity contribution in [3.05, 3.63) is 60.1 Å². The van der Waals surface area contributed by atoms with Crippen molar-refractivity contribution in [1.29, 1.82) is 0 Å². The summed E-state index contributed by atoms with van der Waals surface area (Å²) in [6.45, 7) is 3.58. The molecule has 3 amide bonds. The van der Waals surface area contributed by atoms with E-state index in [0.29, 0.717) is 5.76 Å². The van der Waals surface area contributed by atoms with Crippen LogP contribution in [0.15, 0.2) is 53.1 Å². The molecular weight excluding hydrogens is 348 g/mol. The molecule has 2 aromatic rings. The zero-order valence-electron chi connectivity index (χ0n) is 15.4. The minimum absolute atomic E-state index is 0.0551. The predicted molar refractivity (Wildman–Crippen MR) is 98.7 cm³/mol. The number of carbonyl (C=O) groups is 3. The number of furan rings is 1. The first-order valence-corrected chi connectivity index (χ1v) is 8.83. The number of carbonyl (C=O) groups excluding carboxylic acids is 3. The van der Waals surface area contributed by atoms with Gasteiger partial charge in [-0.3, -0.25) is 14.9 Å². The fraction of sp³-hybridized carbons (Fsp3) is 0.350. The van der Waals surface area contributed by atoms with E-state index < -0.39 is 30.4 Å². The number of urea groups is 1. The van der Waals surface area contributed by atoms with Gasteiger partial charge in [-0.2, -0.15) is 0 Å². The quantitative estimate of drug-likeness (QED) is 0.694. The van der Waals surface area contributed by atoms with Crippen molar-refractivity contribution in [3.63, 3.8) is 0 Å². The van der Waals surface area contributed by atoms with E-state index in [4.69, 9.17) is 9.15 Å². The third-order valence-electron chi connectivity index (χ3n) is 4.23. The number of hydrogen-bond acceptors (Lipinski definition) is 5. The fourth-order valence-electron chi connectivity index (χ4n) is 2.61. The molecule has 0 fully saturated rings. The minimum atomic E-state index is -0.698. The van der Waals surface area contributed by atoms with Crippen LogP contribution in [-0.4, -0.2) is 24.5 Å². The summed E-state index contributed by atoms with van der Waals surface area (Å²) in [5.74, 6) is -1.03.